The Bertz CT molecular complexity index is 1410. The van der Waals surface area contributed by atoms with Gasteiger partial charge in [0.1, 0.15) is 12.4 Å². The Hall–Kier alpha value is -3.74. The van der Waals surface area contributed by atoms with Gasteiger partial charge < -0.3 is 14.6 Å². The molecule has 0 fully saturated rings. The van der Waals surface area contributed by atoms with E-state index in [-0.39, 0.29) is 17.9 Å². The summed E-state index contributed by atoms with van der Waals surface area (Å²) in [7, 11) is 0. The van der Waals surface area contributed by atoms with E-state index in [9.17, 15) is 9.90 Å². The molecule has 0 spiro atoms. The average molecular weight is 509 g/mol. The molecule has 8 heteroatoms. The second kappa shape index (κ2) is 11.1. The van der Waals surface area contributed by atoms with Crippen molar-refractivity contribution < 1.29 is 19.4 Å². The molecule has 4 rings (SSSR count). The van der Waals surface area contributed by atoms with Gasteiger partial charge in [0.15, 0.2) is 11.5 Å². The fraction of sp³-hybridized carbons (Fsp3) is 0.111. The van der Waals surface area contributed by atoms with E-state index in [2.05, 4.69) is 10.5 Å². The van der Waals surface area contributed by atoms with Crippen molar-refractivity contribution in [3.8, 4) is 17.2 Å². The van der Waals surface area contributed by atoms with E-state index in [4.69, 9.17) is 32.7 Å². The van der Waals surface area contributed by atoms with Crippen LogP contribution >= 0.6 is 23.2 Å². The summed E-state index contributed by atoms with van der Waals surface area (Å²) in [4.78, 5) is 12.6. The summed E-state index contributed by atoms with van der Waals surface area (Å²) in [5.41, 5.74) is 3.96. The Labute approximate surface area is 212 Å². The molecule has 0 atom stereocenters. The summed E-state index contributed by atoms with van der Waals surface area (Å²) >= 11 is 12.7. The van der Waals surface area contributed by atoms with Crippen LogP contribution in [-0.4, -0.2) is 23.8 Å². The van der Waals surface area contributed by atoms with E-state index in [0.717, 1.165) is 16.3 Å². The third-order valence-electron chi connectivity index (χ3n) is 5.15. The van der Waals surface area contributed by atoms with Gasteiger partial charge in [0, 0.05) is 10.6 Å². The number of carbonyl (C=O) groups is 1. The van der Waals surface area contributed by atoms with Gasteiger partial charge in [0.2, 0.25) is 0 Å². The van der Waals surface area contributed by atoms with Crippen LogP contribution in [-0.2, 0) is 6.61 Å². The van der Waals surface area contributed by atoms with E-state index >= 15 is 0 Å². The van der Waals surface area contributed by atoms with Crippen molar-refractivity contribution in [1.29, 1.82) is 0 Å². The molecule has 0 aliphatic heterocycles. The first-order valence-electron chi connectivity index (χ1n) is 10.8. The largest absolute Gasteiger partial charge is 0.507 e. The number of rotatable bonds is 8. The number of phenols is 1. The van der Waals surface area contributed by atoms with Crippen molar-refractivity contribution in [2.24, 2.45) is 5.10 Å². The Balaban J connectivity index is 1.50. The normalized spacial score (nSPS) is 11.1. The topological polar surface area (TPSA) is 80.2 Å². The van der Waals surface area contributed by atoms with Crippen LogP contribution < -0.4 is 14.9 Å². The monoisotopic (exact) mass is 508 g/mol. The summed E-state index contributed by atoms with van der Waals surface area (Å²) in [6.07, 6.45) is 1.43. The van der Waals surface area contributed by atoms with Crippen LogP contribution in [0.25, 0.3) is 10.8 Å². The van der Waals surface area contributed by atoms with Gasteiger partial charge in [-0.05, 0) is 53.6 Å². The van der Waals surface area contributed by atoms with Gasteiger partial charge in [-0.1, -0.05) is 65.7 Å². The third kappa shape index (κ3) is 5.85. The van der Waals surface area contributed by atoms with Gasteiger partial charge in [-0.15, -0.1) is 0 Å². The summed E-state index contributed by atoms with van der Waals surface area (Å²) in [6.45, 7) is 2.47. The second-order valence-corrected chi connectivity index (χ2v) is 8.37. The van der Waals surface area contributed by atoms with Crippen molar-refractivity contribution in [3.05, 3.63) is 99.5 Å². The first-order valence-corrected chi connectivity index (χ1v) is 11.6. The lowest BCUT2D eigenvalue weighted by atomic mass is 10.1. The lowest BCUT2D eigenvalue weighted by Gasteiger charge is -2.15. The number of hydrogen-bond donors (Lipinski definition) is 2. The molecule has 0 saturated heterocycles. The number of nitrogens with zero attached hydrogens (tertiary/aromatic N) is 1. The van der Waals surface area contributed by atoms with Crippen molar-refractivity contribution in [3.63, 3.8) is 0 Å². The van der Waals surface area contributed by atoms with Crippen LogP contribution in [0.1, 0.15) is 28.4 Å². The van der Waals surface area contributed by atoms with Crippen LogP contribution in [0, 0.1) is 0 Å². The molecule has 4 aromatic carbocycles. The third-order valence-corrected chi connectivity index (χ3v) is 5.80. The molecular formula is C27H22Cl2N2O4. The van der Waals surface area contributed by atoms with Gasteiger partial charge in [-0.25, -0.2) is 5.43 Å². The highest BCUT2D eigenvalue weighted by atomic mass is 35.5. The maximum absolute atomic E-state index is 12.6. The number of phenolic OH excluding ortho intramolecular Hbond substituents is 1. The predicted octanol–water partition coefficient (Wildman–Crippen LogP) is 6.59. The Morgan fingerprint density at radius 3 is 2.43 bits per heavy atom. The minimum absolute atomic E-state index is 0.122. The maximum Gasteiger partial charge on any atom is 0.275 e. The number of carbonyl (C=O) groups excluding carboxylic acids is 1. The molecule has 4 aromatic rings. The molecule has 0 radical (unpaired) electrons. The summed E-state index contributed by atoms with van der Waals surface area (Å²) in [5.74, 6) is 0.154. The standard InChI is InChI=1S/C27H22Cl2N2O4/c1-2-34-25-12-17(11-23(29)26(25)35-16-20-9-5-6-10-22(20)28)15-30-31-27(33)21-13-18-7-3-4-8-19(18)14-24(21)32/h3-15,32H,2,16H2,1H3,(H,31,33). The molecular weight excluding hydrogens is 487 g/mol. The number of benzene rings is 4. The van der Waals surface area contributed by atoms with E-state index in [1.54, 1.807) is 30.3 Å². The van der Waals surface area contributed by atoms with Crippen LogP contribution in [0.3, 0.4) is 0 Å². The number of ether oxygens (including phenoxy) is 2. The summed E-state index contributed by atoms with van der Waals surface area (Å²) in [6, 6.07) is 21.3. The van der Waals surface area contributed by atoms with Crippen LogP contribution in [0.4, 0.5) is 0 Å². The Kier molecular flexibility index (Phi) is 7.75. The first-order chi connectivity index (χ1) is 17.0. The van der Waals surface area contributed by atoms with E-state index in [0.29, 0.717) is 33.7 Å². The zero-order valence-electron chi connectivity index (χ0n) is 18.8. The molecule has 0 unspecified atom stereocenters. The molecule has 1 amide bonds. The fourth-order valence-corrected chi connectivity index (χ4v) is 3.93. The van der Waals surface area contributed by atoms with Gasteiger partial charge >= 0.3 is 0 Å². The summed E-state index contributed by atoms with van der Waals surface area (Å²) < 4.78 is 11.6. The smallest absolute Gasteiger partial charge is 0.275 e. The summed E-state index contributed by atoms with van der Waals surface area (Å²) in [5, 5.41) is 16.8. The molecule has 0 aliphatic carbocycles. The molecule has 178 valence electrons. The van der Waals surface area contributed by atoms with Crippen molar-refractivity contribution in [2.75, 3.05) is 6.61 Å². The Morgan fingerprint density at radius 1 is 0.971 bits per heavy atom. The SMILES string of the molecule is CCOc1cc(C=NNC(=O)c2cc3ccccc3cc2O)cc(Cl)c1OCc1ccccc1Cl. The zero-order chi connectivity index (χ0) is 24.8. The van der Waals surface area contributed by atoms with E-state index in [1.807, 2.05) is 49.4 Å². The van der Waals surface area contributed by atoms with Crippen molar-refractivity contribution >= 4 is 46.1 Å². The van der Waals surface area contributed by atoms with Gasteiger partial charge in [-0.2, -0.15) is 5.10 Å². The molecule has 0 aliphatic rings. The van der Waals surface area contributed by atoms with Crippen LogP contribution in [0.2, 0.25) is 10.0 Å². The number of aromatic hydroxyl groups is 1. The molecule has 0 bridgehead atoms. The van der Waals surface area contributed by atoms with E-state index < -0.39 is 5.91 Å². The average Bonchev–Trinajstić information content (AvgIpc) is 2.84. The highest BCUT2D eigenvalue weighted by Gasteiger charge is 2.14. The molecule has 6 nitrogen and oxygen atoms in total. The Morgan fingerprint density at radius 2 is 1.69 bits per heavy atom. The molecule has 2 N–H and O–H groups in total. The second-order valence-electron chi connectivity index (χ2n) is 7.56. The fourth-order valence-electron chi connectivity index (χ4n) is 3.47. The molecule has 35 heavy (non-hydrogen) atoms. The number of hydrogen-bond acceptors (Lipinski definition) is 5. The number of nitrogens with one attached hydrogen (secondary N) is 1. The van der Waals surface area contributed by atoms with Crippen LogP contribution in [0.5, 0.6) is 17.2 Å². The maximum atomic E-state index is 12.6. The van der Waals surface area contributed by atoms with Crippen molar-refractivity contribution in [2.45, 2.75) is 13.5 Å². The number of amides is 1. The van der Waals surface area contributed by atoms with Crippen LogP contribution in [0.15, 0.2) is 77.9 Å². The van der Waals surface area contributed by atoms with E-state index in [1.165, 1.54) is 6.21 Å². The minimum atomic E-state index is -0.541. The highest BCUT2D eigenvalue weighted by molar-refractivity contribution is 6.32. The lowest BCUT2D eigenvalue weighted by molar-refractivity contribution is 0.0952. The predicted molar refractivity (Wildman–Crippen MR) is 139 cm³/mol. The van der Waals surface area contributed by atoms with Crippen molar-refractivity contribution in [1.82, 2.24) is 5.43 Å². The van der Waals surface area contributed by atoms with Gasteiger partial charge in [0.05, 0.1) is 23.4 Å². The highest BCUT2D eigenvalue weighted by Crippen LogP contribution is 2.37. The lowest BCUT2D eigenvalue weighted by Crippen LogP contribution is -2.17. The molecule has 0 saturated carbocycles. The molecule has 0 aromatic heterocycles. The zero-order valence-corrected chi connectivity index (χ0v) is 20.3. The van der Waals surface area contributed by atoms with Gasteiger partial charge in [-0.3, -0.25) is 4.79 Å². The minimum Gasteiger partial charge on any atom is -0.507 e. The number of fused-ring (bicyclic) bond motifs is 1. The van der Waals surface area contributed by atoms with Gasteiger partial charge in [0.25, 0.3) is 5.91 Å². The quantitative estimate of drug-likeness (QED) is 0.207. The molecule has 0 heterocycles. The first kappa shape index (κ1) is 24.4. The number of hydrazone groups is 1. The number of halogens is 2.